The van der Waals surface area contributed by atoms with E-state index in [0.717, 1.165) is 42.8 Å². The molecule has 0 radical (unpaired) electrons. The van der Waals surface area contributed by atoms with Gasteiger partial charge in [-0.2, -0.15) is 5.10 Å². The molecule has 0 N–H and O–H groups in total. The van der Waals surface area contributed by atoms with Gasteiger partial charge in [-0.1, -0.05) is 17.7 Å². The van der Waals surface area contributed by atoms with Crippen LogP contribution in [0.3, 0.4) is 0 Å². The van der Waals surface area contributed by atoms with Gasteiger partial charge in [-0.25, -0.2) is 4.68 Å². The van der Waals surface area contributed by atoms with Gasteiger partial charge in [-0.05, 0) is 33.0 Å². The van der Waals surface area contributed by atoms with Crippen molar-refractivity contribution in [3.63, 3.8) is 0 Å². The molecule has 0 aliphatic carbocycles. The number of hydrogen-bond acceptors (Lipinski definition) is 5. The summed E-state index contributed by atoms with van der Waals surface area (Å²) in [5, 5.41) is 4.22. The lowest BCUT2D eigenvalue weighted by Gasteiger charge is -2.41. The molecule has 0 bridgehead atoms. The van der Waals surface area contributed by atoms with Crippen molar-refractivity contribution in [2.24, 2.45) is 0 Å². The molecule has 0 unspecified atom stereocenters. The van der Waals surface area contributed by atoms with Crippen molar-refractivity contribution in [3.8, 4) is 5.75 Å². The maximum Gasteiger partial charge on any atom is 0.267 e. The number of hydrogen-bond donors (Lipinski definition) is 0. The summed E-state index contributed by atoms with van der Waals surface area (Å²) in [6.07, 6.45) is 1.73. The van der Waals surface area contributed by atoms with Gasteiger partial charge in [-0.3, -0.25) is 9.59 Å². The molecular weight excluding hydrogens is 368 g/mol. The molecule has 1 saturated heterocycles. The quantitative estimate of drug-likeness (QED) is 0.774. The SMILES string of the molecule is Cc1ccc2c(c1)CN(C(=O)Cn1nc(C)ccc1=O)CC1(CCN(C)CC1)O2. The number of amides is 1. The molecule has 4 rings (SSSR count). The summed E-state index contributed by atoms with van der Waals surface area (Å²) in [6, 6.07) is 9.27. The zero-order chi connectivity index (χ0) is 20.6. The molecule has 1 aromatic carbocycles. The number of carbonyl (C=O) groups excluding carboxylic acids is 1. The van der Waals surface area contributed by atoms with Crippen LogP contribution >= 0.6 is 0 Å². The van der Waals surface area contributed by atoms with Crippen molar-refractivity contribution >= 4 is 5.91 Å². The molecule has 0 saturated carbocycles. The molecule has 1 aromatic heterocycles. The third kappa shape index (κ3) is 4.19. The van der Waals surface area contributed by atoms with Crippen molar-refractivity contribution in [1.82, 2.24) is 19.6 Å². The summed E-state index contributed by atoms with van der Waals surface area (Å²) < 4.78 is 7.81. The molecule has 1 amide bonds. The Morgan fingerprint density at radius 1 is 1.17 bits per heavy atom. The molecular formula is C22H28N4O3. The second kappa shape index (κ2) is 7.63. The summed E-state index contributed by atoms with van der Waals surface area (Å²) in [4.78, 5) is 29.5. The zero-order valence-corrected chi connectivity index (χ0v) is 17.4. The highest BCUT2D eigenvalue weighted by Gasteiger charge is 2.41. The van der Waals surface area contributed by atoms with Crippen LogP contribution in [0.1, 0.15) is 29.7 Å². The smallest absolute Gasteiger partial charge is 0.267 e. The molecule has 7 nitrogen and oxygen atoms in total. The minimum absolute atomic E-state index is 0.0579. The van der Waals surface area contributed by atoms with Gasteiger partial charge in [0.2, 0.25) is 5.91 Å². The maximum atomic E-state index is 13.2. The van der Waals surface area contributed by atoms with Crippen molar-refractivity contribution in [3.05, 3.63) is 57.5 Å². The summed E-state index contributed by atoms with van der Waals surface area (Å²) >= 11 is 0. The molecule has 1 spiro atoms. The van der Waals surface area contributed by atoms with E-state index >= 15 is 0 Å². The summed E-state index contributed by atoms with van der Waals surface area (Å²) in [5.74, 6) is 0.753. The van der Waals surface area contributed by atoms with E-state index in [1.165, 1.54) is 10.7 Å². The van der Waals surface area contributed by atoms with Crippen LogP contribution in [0.25, 0.3) is 0 Å². The van der Waals surface area contributed by atoms with Gasteiger partial charge in [0, 0.05) is 44.1 Å². The lowest BCUT2D eigenvalue weighted by atomic mass is 9.90. The average Bonchev–Trinajstić information content (AvgIpc) is 2.84. The van der Waals surface area contributed by atoms with Crippen LogP contribution in [0.15, 0.2) is 35.1 Å². The topological polar surface area (TPSA) is 67.7 Å². The van der Waals surface area contributed by atoms with Gasteiger partial charge in [0.1, 0.15) is 17.9 Å². The zero-order valence-electron chi connectivity index (χ0n) is 17.4. The molecule has 29 heavy (non-hydrogen) atoms. The number of aromatic nitrogens is 2. The highest BCUT2D eigenvalue weighted by Crippen LogP contribution is 2.35. The highest BCUT2D eigenvalue weighted by atomic mass is 16.5. The van der Waals surface area contributed by atoms with E-state index in [1.807, 2.05) is 24.8 Å². The molecule has 2 aliphatic rings. The predicted molar refractivity (Wildman–Crippen MR) is 110 cm³/mol. The van der Waals surface area contributed by atoms with Gasteiger partial charge in [-0.15, -0.1) is 0 Å². The minimum atomic E-state index is -0.395. The Balaban J connectivity index is 1.65. The molecule has 2 aromatic rings. The maximum absolute atomic E-state index is 13.2. The van der Waals surface area contributed by atoms with E-state index in [-0.39, 0.29) is 18.0 Å². The Bertz CT molecular complexity index is 976. The lowest BCUT2D eigenvalue weighted by Crippen LogP contribution is -2.54. The highest BCUT2D eigenvalue weighted by molar-refractivity contribution is 5.76. The first kappa shape index (κ1) is 19.6. The lowest BCUT2D eigenvalue weighted by molar-refractivity contribution is -0.136. The molecule has 3 heterocycles. The van der Waals surface area contributed by atoms with Crippen molar-refractivity contribution in [1.29, 1.82) is 0 Å². The van der Waals surface area contributed by atoms with Gasteiger partial charge >= 0.3 is 0 Å². The molecule has 2 aliphatic heterocycles. The van der Waals surface area contributed by atoms with E-state index in [4.69, 9.17) is 4.74 Å². The first-order valence-corrected chi connectivity index (χ1v) is 10.1. The number of nitrogens with zero attached hydrogens (tertiary/aromatic N) is 4. The van der Waals surface area contributed by atoms with Crippen LogP contribution in [0.5, 0.6) is 5.75 Å². The fourth-order valence-electron chi connectivity index (χ4n) is 4.16. The van der Waals surface area contributed by atoms with Crippen LogP contribution < -0.4 is 10.3 Å². The summed E-state index contributed by atoms with van der Waals surface area (Å²) in [6.45, 7) is 6.66. The van der Waals surface area contributed by atoms with Crippen molar-refractivity contribution in [2.75, 3.05) is 26.7 Å². The Labute approximate surface area is 170 Å². The van der Waals surface area contributed by atoms with Crippen LogP contribution in [-0.4, -0.2) is 57.8 Å². The summed E-state index contributed by atoms with van der Waals surface area (Å²) in [7, 11) is 2.11. The van der Waals surface area contributed by atoms with Crippen LogP contribution in [0, 0.1) is 13.8 Å². The Morgan fingerprint density at radius 2 is 1.93 bits per heavy atom. The average molecular weight is 396 g/mol. The van der Waals surface area contributed by atoms with Gasteiger partial charge in [0.15, 0.2) is 0 Å². The monoisotopic (exact) mass is 396 g/mol. The third-order valence-electron chi connectivity index (χ3n) is 5.92. The molecule has 7 heteroatoms. The van der Waals surface area contributed by atoms with Crippen molar-refractivity contribution in [2.45, 2.75) is 45.4 Å². The van der Waals surface area contributed by atoms with E-state index < -0.39 is 5.60 Å². The Morgan fingerprint density at radius 3 is 2.69 bits per heavy atom. The number of rotatable bonds is 2. The number of ether oxygens (including phenoxy) is 1. The number of fused-ring (bicyclic) bond motifs is 1. The van der Waals surface area contributed by atoms with Gasteiger partial charge < -0.3 is 14.5 Å². The van der Waals surface area contributed by atoms with Gasteiger partial charge in [0.05, 0.1) is 12.2 Å². The third-order valence-corrected chi connectivity index (χ3v) is 5.92. The Hall–Kier alpha value is -2.67. The molecule has 1 fully saturated rings. The predicted octanol–water partition coefficient (Wildman–Crippen LogP) is 1.75. The van der Waals surface area contributed by atoms with E-state index in [9.17, 15) is 9.59 Å². The number of piperidine rings is 1. The second-order valence-electron chi connectivity index (χ2n) is 8.42. The first-order valence-electron chi connectivity index (χ1n) is 10.1. The van der Waals surface area contributed by atoms with Crippen LogP contribution in [0.2, 0.25) is 0 Å². The van der Waals surface area contributed by atoms with E-state index in [0.29, 0.717) is 18.8 Å². The second-order valence-corrected chi connectivity index (χ2v) is 8.42. The van der Waals surface area contributed by atoms with Crippen LogP contribution in [0.4, 0.5) is 0 Å². The number of benzene rings is 1. The van der Waals surface area contributed by atoms with Gasteiger partial charge in [0.25, 0.3) is 5.56 Å². The number of aryl methyl sites for hydroxylation is 2. The fraction of sp³-hybridized carbons (Fsp3) is 0.500. The number of carbonyl (C=O) groups is 1. The van der Waals surface area contributed by atoms with Crippen LogP contribution in [-0.2, 0) is 17.9 Å². The Kier molecular flexibility index (Phi) is 5.17. The molecule has 0 atom stereocenters. The molecule has 154 valence electrons. The number of likely N-dealkylation sites (tertiary alicyclic amines) is 1. The normalized spacial score (nSPS) is 18.8. The fourth-order valence-corrected chi connectivity index (χ4v) is 4.16. The van der Waals surface area contributed by atoms with E-state index in [1.54, 1.807) is 6.07 Å². The standard InChI is InChI=1S/C22H28N4O3/c1-16-4-6-19-18(12-16)13-25(15-22(29-19)8-10-24(3)11-9-22)21(28)14-26-20(27)7-5-17(2)23-26/h4-7,12H,8-11,13-15H2,1-3H3. The first-order chi connectivity index (χ1) is 13.8. The largest absolute Gasteiger partial charge is 0.485 e. The van der Waals surface area contributed by atoms with E-state index in [2.05, 4.69) is 29.2 Å². The van der Waals surface area contributed by atoms with Crippen molar-refractivity contribution < 1.29 is 9.53 Å². The minimum Gasteiger partial charge on any atom is -0.485 e. The summed E-state index contributed by atoms with van der Waals surface area (Å²) in [5.41, 5.74) is 2.20.